The zero-order valence-corrected chi connectivity index (χ0v) is 16.3. The minimum Gasteiger partial charge on any atom is -0.494 e. The molecule has 1 aliphatic heterocycles. The van der Waals surface area contributed by atoms with Gasteiger partial charge in [0.05, 0.1) is 12.8 Å². The molecule has 0 spiro atoms. The zero-order valence-electron chi connectivity index (χ0n) is 16.3. The van der Waals surface area contributed by atoms with Crippen LogP contribution in [0.25, 0.3) is 11.6 Å². The molecular weight excluding hydrogens is 369 g/mol. The van der Waals surface area contributed by atoms with Crippen molar-refractivity contribution in [3.63, 3.8) is 0 Å². The van der Waals surface area contributed by atoms with Crippen molar-refractivity contribution in [1.29, 1.82) is 0 Å². The summed E-state index contributed by atoms with van der Waals surface area (Å²) in [4.78, 5) is 19.4. The highest BCUT2D eigenvalue weighted by molar-refractivity contribution is 5.58. The van der Waals surface area contributed by atoms with E-state index < -0.39 is 0 Å². The monoisotopic (exact) mass is 391 g/mol. The highest BCUT2D eigenvalue weighted by Gasteiger charge is 2.41. The van der Waals surface area contributed by atoms with E-state index in [2.05, 4.69) is 24.8 Å². The Morgan fingerprint density at radius 3 is 2.28 bits per heavy atom. The normalized spacial score (nSPS) is 20.7. The summed E-state index contributed by atoms with van der Waals surface area (Å²) in [6, 6.07) is 5.60. The number of aromatic nitrogens is 4. The molecule has 1 aromatic carbocycles. The fraction of sp³-hybridized carbons (Fsp3) is 0.364. The van der Waals surface area contributed by atoms with Crippen LogP contribution in [-0.2, 0) is 0 Å². The molecule has 2 unspecified atom stereocenters. The number of hydrogen-bond acceptors (Lipinski definition) is 6. The van der Waals surface area contributed by atoms with Crippen molar-refractivity contribution >= 4 is 5.69 Å². The van der Waals surface area contributed by atoms with Crippen LogP contribution in [0.3, 0.4) is 0 Å². The molecule has 2 aliphatic rings. The molecule has 2 atom stereocenters. The largest absolute Gasteiger partial charge is 0.494 e. The van der Waals surface area contributed by atoms with Crippen LogP contribution >= 0.6 is 0 Å². The smallest absolute Gasteiger partial charge is 0.197 e. The first-order valence-corrected chi connectivity index (χ1v) is 9.96. The fourth-order valence-electron chi connectivity index (χ4n) is 4.15. The quantitative estimate of drug-likeness (QED) is 0.656. The highest BCUT2D eigenvalue weighted by Crippen LogP contribution is 2.55. The van der Waals surface area contributed by atoms with Gasteiger partial charge in [0, 0.05) is 37.9 Å². The van der Waals surface area contributed by atoms with Gasteiger partial charge in [-0.2, -0.15) is 0 Å². The van der Waals surface area contributed by atoms with E-state index in [1.807, 2.05) is 24.5 Å². The van der Waals surface area contributed by atoms with Gasteiger partial charge in [-0.15, -0.1) is 0 Å². The third kappa shape index (κ3) is 3.41. The summed E-state index contributed by atoms with van der Waals surface area (Å²) in [5.41, 5.74) is 2.86. The maximum absolute atomic E-state index is 14.8. The van der Waals surface area contributed by atoms with Crippen molar-refractivity contribution in [2.24, 2.45) is 0 Å². The molecule has 0 bridgehead atoms. The van der Waals surface area contributed by atoms with Gasteiger partial charge in [0.15, 0.2) is 23.2 Å². The van der Waals surface area contributed by atoms with Crippen LogP contribution in [0.2, 0.25) is 0 Å². The van der Waals surface area contributed by atoms with Gasteiger partial charge in [-0.1, -0.05) is 0 Å². The molecule has 1 saturated carbocycles. The van der Waals surface area contributed by atoms with Crippen molar-refractivity contribution in [2.75, 3.05) is 25.1 Å². The molecule has 2 fully saturated rings. The van der Waals surface area contributed by atoms with Gasteiger partial charge in [0.1, 0.15) is 0 Å². The summed E-state index contributed by atoms with van der Waals surface area (Å²) in [7, 11) is 1.53. The second-order valence-electron chi connectivity index (χ2n) is 7.61. The SMILES string of the molecule is COc1cc(C2CC2c2cnc(-c3ncccn3)nc2)cc(N2CCCC2)c1F. The van der Waals surface area contributed by atoms with Crippen LogP contribution < -0.4 is 9.64 Å². The molecule has 3 heterocycles. The zero-order chi connectivity index (χ0) is 19.8. The van der Waals surface area contributed by atoms with E-state index in [0.29, 0.717) is 34.9 Å². The van der Waals surface area contributed by atoms with E-state index in [4.69, 9.17) is 4.74 Å². The lowest BCUT2D eigenvalue weighted by Gasteiger charge is -2.21. The average molecular weight is 391 g/mol. The Morgan fingerprint density at radius 2 is 1.59 bits per heavy atom. The molecule has 1 aliphatic carbocycles. The molecule has 0 amide bonds. The van der Waals surface area contributed by atoms with Crippen LogP contribution in [0.1, 0.15) is 42.2 Å². The fourth-order valence-corrected chi connectivity index (χ4v) is 4.15. The second-order valence-corrected chi connectivity index (χ2v) is 7.61. The van der Waals surface area contributed by atoms with Gasteiger partial charge in [-0.25, -0.2) is 24.3 Å². The predicted octanol–water partition coefficient (Wildman–Crippen LogP) is 3.95. The molecular formula is C22H22FN5O. The number of nitrogens with zero attached hydrogens (tertiary/aromatic N) is 5. The lowest BCUT2D eigenvalue weighted by atomic mass is 10.0. The van der Waals surface area contributed by atoms with E-state index in [-0.39, 0.29) is 5.82 Å². The summed E-state index contributed by atoms with van der Waals surface area (Å²) in [5, 5.41) is 0. The van der Waals surface area contributed by atoms with Gasteiger partial charge >= 0.3 is 0 Å². The van der Waals surface area contributed by atoms with Gasteiger partial charge in [-0.3, -0.25) is 0 Å². The van der Waals surface area contributed by atoms with Gasteiger partial charge in [0.2, 0.25) is 0 Å². The van der Waals surface area contributed by atoms with E-state index >= 15 is 0 Å². The Hall–Kier alpha value is -3.09. The minimum atomic E-state index is -0.258. The van der Waals surface area contributed by atoms with Gasteiger partial charge in [0.25, 0.3) is 0 Å². The number of rotatable bonds is 5. The van der Waals surface area contributed by atoms with Crippen LogP contribution in [0.4, 0.5) is 10.1 Å². The number of hydrogen-bond donors (Lipinski definition) is 0. The first kappa shape index (κ1) is 18.0. The Bertz CT molecular complexity index is 1010. The average Bonchev–Trinajstić information content (AvgIpc) is 3.39. The maximum atomic E-state index is 14.8. The number of methoxy groups -OCH3 is 1. The van der Waals surface area contributed by atoms with Crippen LogP contribution in [0.5, 0.6) is 5.75 Å². The summed E-state index contributed by atoms with van der Waals surface area (Å²) in [5.74, 6) is 1.76. The first-order chi connectivity index (χ1) is 14.2. The third-order valence-electron chi connectivity index (χ3n) is 5.79. The topological polar surface area (TPSA) is 64.0 Å². The van der Waals surface area contributed by atoms with Gasteiger partial charge < -0.3 is 9.64 Å². The Kier molecular flexibility index (Phi) is 4.58. The highest BCUT2D eigenvalue weighted by atomic mass is 19.1. The predicted molar refractivity (Wildman–Crippen MR) is 108 cm³/mol. The molecule has 148 valence electrons. The Morgan fingerprint density at radius 1 is 0.931 bits per heavy atom. The lowest BCUT2D eigenvalue weighted by Crippen LogP contribution is -2.19. The van der Waals surface area contributed by atoms with E-state index in [1.165, 1.54) is 7.11 Å². The van der Waals surface area contributed by atoms with E-state index in [0.717, 1.165) is 43.5 Å². The number of anilines is 1. The molecule has 0 radical (unpaired) electrons. The first-order valence-electron chi connectivity index (χ1n) is 9.96. The molecule has 29 heavy (non-hydrogen) atoms. The number of halogens is 1. The number of benzene rings is 1. The van der Waals surface area contributed by atoms with Crippen molar-refractivity contribution in [3.8, 4) is 17.4 Å². The molecule has 0 N–H and O–H groups in total. The van der Waals surface area contributed by atoms with Crippen molar-refractivity contribution in [1.82, 2.24) is 19.9 Å². The van der Waals surface area contributed by atoms with Crippen LogP contribution in [0.15, 0.2) is 43.0 Å². The van der Waals surface area contributed by atoms with Crippen LogP contribution in [-0.4, -0.2) is 40.1 Å². The molecule has 7 heteroatoms. The summed E-state index contributed by atoms with van der Waals surface area (Å²) in [6.07, 6.45) is 10.3. The van der Waals surface area contributed by atoms with Crippen LogP contribution in [0, 0.1) is 5.82 Å². The van der Waals surface area contributed by atoms with Crippen molar-refractivity contribution < 1.29 is 9.13 Å². The minimum absolute atomic E-state index is 0.258. The summed E-state index contributed by atoms with van der Waals surface area (Å²) < 4.78 is 20.1. The molecule has 5 rings (SSSR count). The Balaban J connectivity index is 1.39. The third-order valence-corrected chi connectivity index (χ3v) is 5.79. The molecule has 1 saturated heterocycles. The molecule has 2 aromatic heterocycles. The molecule has 6 nitrogen and oxygen atoms in total. The lowest BCUT2D eigenvalue weighted by molar-refractivity contribution is 0.386. The maximum Gasteiger partial charge on any atom is 0.197 e. The van der Waals surface area contributed by atoms with E-state index in [9.17, 15) is 4.39 Å². The summed E-state index contributed by atoms with van der Waals surface area (Å²) >= 11 is 0. The number of ether oxygens (including phenoxy) is 1. The van der Waals surface area contributed by atoms with Crippen molar-refractivity contribution in [2.45, 2.75) is 31.1 Å². The molecule has 3 aromatic rings. The van der Waals surface area contributed by atoms with Gasteiger partial charge in [-0.05, 0) is 60.4 Å². The summed E-state index contributed by atoms with van der Waals surface area (Å²) in [6.45, 7) is 1.79. The van der Waals surface area contributed by atoms with E-state index in [1.54, 1.807) is 18.5 Å². The second kappa shape index (κ2) is 7.39. The standard InChI is InChI=1S/C22H22FN5O/c1-29-19-10-14(9-18(20(19)23)28-7-2-3-8-28)16-11-17(16)15-12-26-22(27-13-15)21-24-5-4-6-25-21/h4-6,9-10,12-13,16-17H,2-3,7-8,11H2,1H3. The van der Waals surface area contributed by atoms with Crippen molar-refractivity contribution in [3.05, 3.63) is 59.9 Å². The Labute approximate surface area is 168 Å².